The second-order valence-corrected chi connectivity index (χ2v) is 6.86. The molecule has 1 amide bonds. The Hall–Kier alpha value is -1.74. The lowest BCUT2D eigenvalue weighted by molar-refractivity contribution is -0.138. The first-order chi connectivity index (χ1) is 10.8. The highest BCUT2D eigenvalue weighted by Crippen LogP contribution is 2.25. The lowest BCUT2D eigenvalue weighted by Crippen LogP contribution is -2.26. The Morgan fingerprint density at radius 3 is 2.91 bits per heavy atom. The van der Waals surface area contributed by atoms with Crippen molar-refractivity contribution in [3.05, 3.63) is 33.0 Å². The Balaban J connectivity index is 2.15. The van der Waals surface area contributed by atoms with E-state index in [1.165, 1.54) is 12.3 Å². The molecular weight excluding hydrogens is 389 g/mol. The average molecular weight is 402 g/mol. The summed E-state index contributed by atoms with van der Waals surface area (Å²) in [6.07, 6.45) is 1.20. The molecule has 0 spiro atoms. The lowest BCUT2D eigenvalue weighted by atomic mass is 10.0. The molecule has 1 aliphatic heterocycles. The van der Waals surface area contributed by atoms with Crippen LogP contribution in [0.15, 0.2) is 20.7 Å². The van der Waals surface area contributed by atoms with Crippen molar-refractivity contribution in [2.24, 2.45) is 10.2 Å². The molecule has 0 aliphatic carbocycles. The first-order valence-electron chi connectivity index (χ1n) is 6.55. The van der Waals surface area contributed by atoms with Gasteiger partial charge in [0.1, 0.15) is 11.1 Å². The summed E-state index contributed by atoms with van der Waals surface area (Å²) in [5.74, 6) is -1.80. The molecule has 1 aliphatic rings. The molecule has 1 aromatic carbocycles. The number of carboxylic acids is 1. The van der Waals surface area contributed by atoms with Crippen LogP contribution in [0, 0.1) is 19.7 Å². The molecule has 1 atom stereocenters. The van der Waals surface area contributed by atoms with Gasteiger partial charge >= 0.3 is 5.97 Å². The first kappa shape index (κ1) is 17.6. The molecule has 6 nitrogen and oxygen atoms in total. The Kier molecular flexibility index (Phi) is 5.53. The van der Waals surface area contributed by atoms with E-state index in [1.54, 1.807) is 13.8 Å². The van der Waals surface area contributed by atoms with Crippen molar-refractivity contribution < 1.29 is 19.1 Å². The molecule has 0 bridgehead atoms. The zero-order valence-electron chi connectivity index (χ0n) is 12.3. The van der Waals surface area contributed by atoms with Crippen LogP contribution in [0.5, 0.6) is 0 Å². The van der Waals surface area contributed by atoms with E-state index in [9.17, 15) is 14.0 Å². The molecule has 23 heavy (non-hydrogen) atoms. The number of hydrogen-bond donors (Lipinski definition) is 2. The summed E-state index contributed by atoms with van der Waals surface area (Å²) >= 11 is 4.19. The highest BCUT2D eigenvalue weighted by Gasteiger charge is 2.32. The molecule has 1 aromatic rings. The van der Waals surface area contributed by atoms with Gasteiger partial charge in [0.2, 0.25) is 5.91 Å². The van der Waals surface area contributed by atoms with E-state index in [1.807, 2.05) is 0 Å². The summed E-state index contributed by atoms with van der Waals surface area (Å²) in [6, 6.07) is 1.39. The van der Waals surface area contributed by atoms with Crippen molar-refractivity contribution in [1.29, 1.82) is 0 Å². The van der Waals surface area contributed by atoms with Gasteiger partial charge in [-0.25, -0.2) is 4.39 Å². The van der Waals surface area contributed by atoms with Gasteiger partial charge in [-0.15, -0.1) is 5.10 Å². The summed E-state index contributed by atoms with van der Waals surface area (Å²) in [7, 11) is 0. The maximum atomic E-state index is 13.6. The van der Waals surface area contributed by atoms with Gasteiger partial charge in [-0.3, -0.25) is 9.59 Å². The van der Waals surface area contributed by atoms with Crippen LogP contribution < -0.4 is 5.32 Å². The molecule has 9 heteroatoms. The average Bonchev–Trinajstić information content (AvgIpc) is 2.80. The third-order valence-corrected chi connectivity index (χ3v) is 5.23. The maximum absolute atomic E-state index is 13.6. The van der Waals surface area contributed by atoms with E-state index in [0.29, 0.717) is 15.6 Å². The van der Waals surface area contributed by atoms with E-state index in [0.717, 1.165) is 17.3 Å². The van der Waals surface area contributed by atoms with E-state index < -0.39 is 17.1 Å². The summed E-state index contributed by atoms with van der Waals surface area (Å²) < 4.78 is 13.9. The number of aryl methyl sites for hydroxylation is 1. The van der Waals surface area contributed by atoms with E-state index in [-0.39, 0.29) is 17.4 Å². The SMILES string of the molecule is Cc1cc(F)c(Br)c(C)c1C=NN=C1NC(=O)C(CC(=O)O)S1. The number of halogens is 2. The topological polar surface area (TPSA) is 91.1 Å². The van der Waals surface area contributed by atoms with Crippen LogP contribution in [0.4, 0.5) is 4.39 Å². The first-order valence-corrected chi connectivity index (χ1v) is 8.22. The number of aliphatic carboxylic acids is 1. The lowest BCUT2D eigenvalue weighted by Gasteiger charge is -2.07. The highest BCUT2D eigenvalue weighted by atomic mass is 79.9. The fourth-order valence-corrected chi connectivity index (χ4v) is 3.25. The second-order valence-electron chi connectivity index (χ2n) is 4.87. The molecule has 0 aromatic heterocycles. The number of carbonyl (C=O) groups is 2. The molecule has 0 saturated carbocycles. The number of nitrogens with zero attached hydrogens (tertiary/aromatic N) is 2. The van der Waals surface area contributed by atoms with E-state index in [4.69, 9.17) is 5.11 Å². The van der Waals surface area contributed by atoms with Crippen LogP contribution in [0.1, 0.15) is 23.1 Å². The summed E-state index contributed by atoms with van der Waals surface area (Å²) in [5, 5.41) is 18.5. The van der Waals surface area contributed by atoms with Crippen LogP contribution in [-0.4, -0.2) is 33.6 Å². The fourth-order valence-electron chi connectivity index (χ4n) is 2.01. The van der Waals surface area contributed by atoms with Crippen LogP contribution >= 0.6 is 27.7 Å². The molecule has 0 radical (unpaired) electrons. The Morgan fingerprint density at radius 2 is 2.26 bits per heavy atom. The van der Waals surface area contributed by atoms with Crippen molar-refractivity contribution in [3.8, 4) is 0 Å². The van der Waals surface area contributed by atoms with Gasteiger partial charge in [0.15, 0.2) is 5.17 Å². The minimum Gasteiger partial charge on any atom is -0.481 e. The van der Waals surface area contributed by atoms with Crippen molar-refractivity contribution in [2.75, 3.05) is 0 Å². The fraction of sp³-hybridized carbons (Fsp3) is 0.286. The number of amides is 1. The van der Waals surface area contributed by atoms with Gasteiger partial charge < -0.3 is 10.4 Å². The molecule has 2 N–H and O–H groups in total. The van der Waals surface area contributed by atoms with Crippen molar-refractivity contribution >= 4 is 51.0 Å². The van der Waals surface area contributed by atoms with Crippen LogP contribution in [0.2, 0.25) is 0 Å². The van der Waals surface area contributed by atoms with Crippen LogP contribution in [0.25, 0.3) is 0 Å². The quantitative estimate of drug-likeness (QED) is 0.599. The van der Waals surface area contributed by atoms with Crippen LogP contribution in [0.3, 0.4) is 0 Å². The number of carboxylic acid groups (broad SMARTS) is 1. The number of nitrogens with one attached hydrogen (secondary N) is 1. The molecule has 1 unspecified atom stereocenters. The molecule has 1 fully saturated rings. The Labute approximate surface area is 144 Å². The number of carbonyl (C=O) groups excluding carboxylic acids is 1. The van der Waals surface area contributed by atoms with Gasteiger partial charge in [0.25, 0.3) is 0 Å². The zero-order valence-corrected chi connectivity index (χ0v) is 14.7. The van der Waals surface area contributed by atoms with Crippen LogP contribution in [-0.2, 0) is 9.59 Å². The number of amidine groups is 1. The predicted octanol–water partition coefficient (Wildman–Crippen LogP) is 2.60. The van der Waals surface area contributed by atoms with Gasteiger partial charge in [0.05, 0.1) is 17.1 Å². The molecule has 2 rings (SSSR count). The minimum atomic E-state index is -1.05. The van der Waals surface area contributed by atoms with Gasteiger partial charge in [-0.1, -0.05) is 11.8 Å². The van der Waals surface area contributed by atoms with E-state index >= 15 is 0 Å². The highest BCUT2D eigenvalue weighted by molar-refractivity contribution is 9.10. The summed E-state index contributed by atoms with van der Waals surface area (Å²) in [6.45, 7) is 3.51. The predicted molar refractivity (Wildman–Crippen MR) is 90.4 cm³/mol. The third-order valence-electron chi connectivity index (χ3n) is 3.18. The van der Waals surface area contributed by atoms with Crippen molar-refractivity contribution in [1.82, 2.24) is 5.32 Å². The summed E-state index contributed by atoms with van der Waals surface area (Å²) in [4.78, 5) is 22.2. The normalized spacial score (nSPS) is 19.6. The van der Waals surface area contributed by atoms with Gasteiger partial charge in [-0.2, -0.15) is 5.10 Å². The Morgan fingerprint density at radius 1 is 1.57 bits per heavy atom. The van der Waals surface area contributed by atoms with Gasteiger partial charge in [-0.05, 0) is 47.0 Å². The minimum absolute atomic E-state index is 0.244. The molecular formula is C14H13BrFN3O3S. The summed E-state index contributed by atoms with van der Waals surface area (Å²) in [5.41, 5.74) is 2.12. The van der Waals surface area contributed by atoms with E-state index in [2.05, 4.69) is 31.4 Å². The zero-order chi connectivity index (χ0) is 17.1. The van der Waals surface area contributed by atoms with Gasteiger partial charge in [0, 0.05) is 5.56 Å². The number of benzene rings is 1. The molecule has 1 heterocycles. The number of rotatable bonds is 4. The standard InChI is InChI=1S/C14H13BrFN3O3S/c1-6-3-9(16)12(15)7(2)8(6)5-17-19-14-18-13(22)10(23-14)4-11(20)21/h3,5,10H,4H2,1-2H3,(H,20,21)(H,18,19,22). The Bertz CT molecular complexity index is 736. The largest absolute Gasteiger partial charge is 0.481 e. The number of thioether (sulfide) groups is 1. The smallest absolute Gasteiger partial charge is 0.305 e. The third kappa shape index (κ3) is 4.17. The number of hydrogen-bond acceptors (Lipinski definition) is 5. The van der Waals surface area contributed by atoms with Crippen molar-refractivity contribution in [2.45, 2.75) is 25.5 Å². The van der Waals surface area contributed by atoms with Crippen molar-refractivity contribution in [3.63, 3.8) is 0 Å². The second kappa shape index (κ2) is 7.22. The monoisotopic (exact) mass is 401 g/mol. The molecule has 1 saturated heterocycles. The maximum Gasteiger partial charge on any atom is 0.305 e. The molecule has 122 valence electrons.